The third-order valence-corrected chi connectivity index (χ3v) is 6.39. The molecule has 0 radical (unpaired) electrons. The fraction of sp³-hybridized carbons (Fsp3) is 0.667. The summed E-state index contributed by atoms with van der Waals surface area (Å²) in [7, 11) is -2.06. The van der Waals surface area contributed by atoms with Gasteiger partial charge in [0.15, 0.2) is 0 Å². The summed E-state index contributed by atoms with van der Waals surface area (Å²) < 4.78 is 33.6. The van der Waals surface area contributed by atoms with E-state index in [1.54, 1.807) is 20.9 Å². The van der Waals surface area contributed by atoms with Gasteiger partial charge in [-0.25, -0.2) is 13.2 Å². The van der Waals surface area contributed by atoms with Crippen LogP contribution in [-0.4, -0.2) is 54.2 Å². The molecule has 130 valence electrons. The second-order valence-electron chi connectivity index (χ2n) is 5.96. The first-order valence-corrected chi connectivity index (χ1v) is 9.15. The molecule has 8 heteroatoms. The monoisotopic (exact) mass is 344 g/mol. The molecule has 0 amide bonds. The Hall–Kier alpha value is -1.38. The summed E-state index contributed by atoms with van der Waals surface area (Å²) in [5, 5.41) is 9.78. The largest absolute Gasteiger partial charge is 0.461 e. The van der Waals surface area contributed by atoms with Gasteiger partial charge in [0.25, 0.3) is 0 Å². The molecule has 2 atom stereocenters. The van der Waals surface area contributed by atoms with Crippen molar-refractivity contribution in [3.05, 3.63) is 17.5 Å². The predicted octanol–water partition coefficient (Wildman–Crippen LogP) is 0.902. The Kier molecular flexibility index (Phi) is 5.17. The quantitative estimate of drug-likeness (QED) is 0.820. The number of aliphatic hydroxyl groups excluding tert-OH is 1. The first kappa shape index (κ1) is 18.0. The zero-order valence-electron chi connectivity index (χ0n) is 13.9. The van der Waals surface area contributed by atoms with Gasteiger partial charge in [-0.2, -0.15) is 4.31 Å². The molecule has 1 aliphatic rings. The molecule has 1 N–H and O–H groups in total. The van der Waals surface area contributed by atoms with Crippen LogP contribution < -0.4 is 0 Å². The standard InChI is InChI=1S/C15H24N2O5S/c1-5-22-15(19)12-8-14(11(3)16(12)4)23(20,21)17-7-6-13(18)10(2)9-17/h8,10,13,18H,5-7,9H2,1-4H3/t10-,13+/m0/s1. The number of hydrogen-bond acceptors (Lipinski definition) is 5. The maximum atomic E-state index is 12.9. The maximum absolute atomic E-state index is 12.9. The molecule has 0 aromatic carbocycles. The number of rotatable bonds is 4. The molecule has 1 aromatic heterocycles. The molecule has 2 rings (SSSR count). The summed E-state index contributed by atoms with van der Waals surface area (Å²) in [5.41, 5.74) is 0.708. The molecule has 7 nitrogen and oxygen atoms in total. The van der Waals surface area contributed by atoms with Gasteiger partial charge in [-0.15, -0.1) is 0 Å². The first-order chi connectivity index (χ1) is 10.7. The van der Waals surface area contributed by atoms with Gasteiger partial charge >= 0.3 is 5.97 Å². The van der Waals surface area contributed by atoms with Crippen molar-refractivity contribution in [2.45, 2.75) is 38.2 Å². The molecule has 23 heavy (non-hydrogen) atoms. The number of aliphatic hydroxyl groups is 1. The smallest absolute Gasteiger partial charge is 0.354 e. The highest BCUT2D eigenvalue weighted by Gasteiger charge is 2.35. The van der Waals surface area contributed by atoms with E-state index in [1.807, 2.05) is 6.92 Å². The van der Waals surface area contributed by atoms with Crippen LogP contribution >= 0.6 is 0 Å². The van der Waals surface area contributed by atoms with Gasteiger partial charge in [-0.3, -0.25) is 0 Å². The van der Waals surface area contributed by atoms with Crippen molar-refractivity contribution >= 4 is 16.0 Å². The van der Waals surface area contributed by atoms with Crippen molar-refractivity contribution in [2.24, 2.45) is 13.0 Å². The number of piperidine rings is 1. The van der Waals surface area contributed by atoms with Gasteiger partial charge in [0.1, 0.15) is 10.6 Å². The Morgan fingerprint density at radius 1 is 1.48 bits per heavy atom. The Bertz CT molecular complexity index is 695. The third-order valence-electron chi connectivity index (χ3n) is 4.41. The number of carbonyl (C=O) groups excluding carboxylic acids is 1. The lowest BCUT2D eigenvalue weighted by atomic mass is 9.99. The molecule has 1 aromatic rings. The highest BCUT2D eigenvalue weighted by molar-refractivity contribution is 7.89. The number of aromatic nitrogens is 1. The first-order valence-electron chi connectivity index (χ1n) is 7.71. The van der Waals surface area contributed by atoms with Gasteiger partial charge in [0.05, 0.1) is 12.7 Å². The van der Waals surface area contributed by atoms with Crippen LogP contribution in [0.1, 0.15) is 36.5 Å². The molecular weight excluding hydrogens is 320 g/mol. The number of sulfonamides is 1. The van der Waals surface area contributed by atoms with E-state index in [0.29, 0.717) is 12.1 Å². The summed E-state index contributed by atoms with van der Waals surface area (Å²) in [6.45, 7) is 5.97. The van der Waals surface area contributed by atoms with Gasteiger partial charge in [0.2, 0.25) is 10.0 Å². The zero-order valence-corrected chi connectivity index (χ0v) is 14.8. The van der Waals surface area contributed by atoms with Crippen LogP contribution in [0.3, 0.4) is 0 Å². The fourth-order valence-electron chi connectivity index (χ4n) is 2.79. The van der Waals surface area contributed by atoms with E-state index in [9.17, 15) is 18.3 Å². The second kappa shape index (κ2) is 6.62. The van der Waals surface area contributed by atoms with E-state index in [1.165, 1.54) is 14.9 Å². The molecule has 2 heterocycles. The lowest BCUT2D eigenvalue weighted by molar-refractivity contribution is 0.0515. The summed E-state index contributed by atoms with van der Waals surface area (Å²) in [4.78, 5) is 12.1. The van der Waals surface area contributed by atoms with Crippen LogP contribution in [0.5, 0.6) is 0 Å². The highest BCUT2D eigenvalue weighted by Crippen LogP contribution is 2.27. The molecule has 0 aliphatic carbocycles. The topological polar surface area (TPSA) is 88.8 Å². The minimum atomic E-state index is -3.71. The summed E-state index contributed by atoms with van der Waals surface area (Å²) in [6, 6.07) is 1.37. The fourth-order valence-corrected chi connectivity index (χ4v) is 4.61. The van der Waals surface area contributed by atoms with Gasteiger partial charge in [-0.05, 0) is 32.3 Å². The highest BCUT2D eigenvalue weighted by atomic mass is 32.2. The molecule has 1 fully saturated rings. The molecule has 1 aliphatic heterocycles. The minimum absolute atomic E-state index is 0.117. The van der Waals surface area contributed by atoms with E-state index >= 15 is 0 Å². The number of ether oxygens (including phenoxy) is 1. The average Bonchev–Trinajstić information content (AvgIpc) is 2.79. The van der Waals surface area contributed by atoms with E-state index in [4.69, 9.17) is 4.74 Å². The normalized spacial score (nSPS) is 23.0. The summed E-state index contributed by atoms with van der Waals surface area (Å²) >= 11 is 0. The van der Waals surface area contributed by atoms with Crippen LogP contribution in [0.15, 0.2) is 11.0 Å². The SMILES string of the molecule is CCOC(=O)c1cc(S(=O)(=O)N2CC[C@@H](O)[C@@H](C)C2)c(C)n1C. The Morgan fingerprint density at radius 2 is 2.13 bits per heavy atom. The molecular formula is C15H24N2O5S. The van der Waals surface area contributed by atoms with Crippen LogP contribution in [0.4, 0.5) is 0 Å². The van der Waals surface area contributed by atoms with Gasteiger partial charge in [-0.1, -0.05) is 6.92 Å². The number of hydrogen-bond donors (Lipinski definition) is 1. The Morgan fingerprint density at radius 3 is 2.70 bits per heavy atom. The van der Waals surface area contributed by atoms with Gasteiger partial charge in [0, 0.05) is 25.8 Å². The minimum Gasteiger partial charge on any atom is -0.461 e. The summed E-state index contributed by atoms with van der Waals surface area (Å²) in [5.74, 6) is -0.658. The van der Waals surface area contributed by atoms with E-state index in [2.05, 4.69) is 0 Å². The van der Waals surface area contributed by atoms with Crippen molar-refractivity contribution < 1.29 is 23.1 Å². The van der Waals surface area contributed by atoms with Crippen LogP contribution in [0.2, 0.25) is 0 Å². The molecule has 0 spiro atoms. The Labute approximate surface area is 136 Å². The van der Waals surface area contributed by atoms with E-state index in [-0.39, 0.29) is 36.2 Å². The molecule has 1 saturated heterocycles. The lowest BCUT2D eigenvalue weighted by Gasteiger charge is -2.33. The summed E-state index contributed by atoms with van der Waals surface area (Å²) in [6.07, 6.45) is -0.0646. The van der Waals surface area contributed by atoms with Crippen molar-refractivity contribution in [3.63, 3.8) is 0 Å². The van der Waals surface area contributed by atoms with E-state index < -0.39 is 22.1 Å². The lowest BCUT2D eigenvalue weighted by Crippen LogP contribution is -2.44. The van der Waals surface area contributed by atoms with Crippen LogP contribution in [0, 0.1) is 12.8 Å². The second-order valence-corrected chi connectivity index (χ2v) is 7.86. The van der Waals surface area contributed by atoms with Crippen molar-refractivity contribution in [1.29, 1.82) is 0 Å². The number of nitrogens with zero attached hydrogens (tertiary/aromatic N) is 2. The van der Waals surface area contributed by atoms with Crippen molar-refractivity contribution in [3.8, 4) is 0 Å². The maximum Gasteiger partial charge on any atom is 0.354 e. The number of carbonyl (C=O) groups is 1. The van der Waals surface area contributed by atoms with E-state index in [0.717, 1.165) is 0 Å². The average molecular weight is 344 g/mol. The van der Waals surface area contributed by atoms with Gasteiger partial charge < -0.3 is 14.4 Å². The predicted molar refractivity (Wildman–Crippen MR) is 84.7 cm³/mol. The third kappa shape index (κ3) is 3.29. The number of esters is 1. The van der Waals surface area contributed by atoms with Crippen LogP contribution in [-0.2, 0) is 21.8 Å². The van der Waals surface area contributed by atoms with Crippen LogP contribution in [0.25, 0.3) is 0 Å². The molecule has 0 saturated carbocycles. The molecule has 0 unspecified atom stereocenters. The zero-order chi connectivity index (χ0) is 17.4. The van der Waals surface area contributed by atoms with Crippen molar-refractivity contribution in [1.82, 2.24) is 8.87 Å². The van der Waals surface area contributed by atoms with Crippen molar-refractivity contribution in [2.75, 3.05) is 19.7 Å². The molecule has 0 bridgehead atoms. The Balaban J connectivity index is 2.37.